The van der Waals surface area contributed by atoms with Gasteiger partial charge >= 0.3 is 0 Å². The molecule has 1 aliphatic rings. The van der Waals surface area contributed by atoms with Gasteiger partial charge in [0.2, 0.25) is 0 Å². The summed E-state index contributed by atoms with van der Waals surface area (Å²) in [5.74, 6) is 0. The third kappa shape index (κ3) is 0.951. The number of hydrogen-bond donors (Lipinski definition) is 1. The summed E-state index contributed by atoms with van der Waals surface area (Å²) in [5.41, 5.74) is 0. The molecule has 0 bridgehead atoms. The lowest BCUT2D eigenvalue weighted by Gasteiger charge is -2.20. The van der Waals surface area contributed by atoms with Crippen molar-refractivity contribution in [2.75, 3.05) is 21.1 Å². The van der Waals surface area contributed by atoms with E-state index in [1.54, 1.807) is 10.0 Å². The molecular formula is C4H11N5. The summed E-state index contributed by atoms with van der Waals surface area (Å²) >= 11 is 0. The van der Waals surface area contributed by atoms with E-state index >= 15 is 0 Å². The highest BCUT2D eigenvalue weighted by atomic mass is 15.8. The van der Waals surface area contributed by atoms with Gasteiger partial charge in [0.25, 0.3) is 0 Å². The molecule has 0 fully saturated rings. The Morgan fingerprint density at radius 2 is 1.67 bits per heavy atom. The fourth-order valence-electron chi connectivity index (χ4n) is 0.840. The summed E-state index contributed by atoms with van der Waals surface area (Å²) in [6.07, 6.45) is 0.116. The Hall–Kier alpha value is -0.840. The van der Waals surface area contributed by atoms with Crippen LogP contribution in [0.15, 0.2) is 10.4 Å². The minimum absolute atomic E-state index is 0.116. The van der Waals surface area contributed by atoms with Gasteiger partial charge in [-0.25, -0.2) is 10.0 Å². The van der Waals surface area contributed by atoms with Crippen LogP contribution < -0.4 is 5.32 Å². The lowest BCUT2D eigenvalue weighted by molar-refractivity contribution is 0.128. The first-order chi connectivity index (χ1) is 4.25. The molecule has 1 heterocycles. The van der Waals surface area contributed by atoms with E-state index in [0.717, 1.165) is 0 Å². The highest BCUT2D eigenvalue weighted by Crippen LogP contribution is 2.07. The lowest BCUT2D eigenvalue weighted by Crippen LogP contribution is -2.44. The maximum Gasteiger partial charge on any atom is 0.190 e. The molecule has 0 atom stereocenters. The van der Waals surface area contributed by atoms with Crippen LogP contribution in [-0.2, 0) is 0 Å². The Labute approximate surface area is 54.3 Å². The Kier molecular flexibility index (Phi) is 1.52. The summed E-state index contributed by atoms with van der Waals surface area (Å²) in [7, 11) is 5.61. The van der Waals surface area contributed by atoms with Gasteiger partial charge in [0, 0.05) is 14.1 Å². The first-order valence-electron chi connectivity index (χ1n) is 2.80. The first-order valence-corrected chi connectivity index (χ1v) is 2.80. The summed E-state index contributed by atoms with van der Waals surface area (Å²) in [6.45, 7) is 0. The van der Waals surface area contributed by atoms with Gasteiger partial charge in [0.05, 0.1) is 0 Å². The van der Waals surface area contributed by atoms with Gasteiger partial charge < -0.3 is 0 Å². The van der Waals surface area contributed by atoms with E-state index in [0.29, 0.717) is 0 Å². The normalized spacial score (nSPS) is 19.9. The quantitative estimate of drug-likeness (QED) is 0.526. The maximum atomic E-state index is 3.79. The molecule has 0 spiro atoms. The standard InChI is InChI=1S/C4H11N5/c1-5-4-8(2)6-7-9(4)3/h4-5H,1-3H3. The van der Waals surface area contributed by atoms with Gasteiger partial charge in [-0.1, -0.05) is 10.4 Å². The Balaban J connectivity index is 2.53. The molecule has 5 nitrogen and oxygen atoms in total. The summed E-state index contributed by atoms with van der Waals surface area (Å²) in [5, 5.41) is 14.1. The van der Waals surface area contributed by atoms with E-state index in [-0.39, 0.29) is 6.29 Å². The van der Waals surface area contributed by atoms with Crippen LogP contribution in [0.25, 0.3) is 0 Å². The van der Waals surface area contributed by atoms with Crippen molar-refractivity contribution >= 4 is 0 Å². The average molecular weight is 129 g/mol. The Bertz CT molecular complexity index is 110. The van der Waals surface area contributed by atoms with Crippen LogP contribution in [0.4, 0.5) is 0 Å². The summed E-state index contributed by atoms with van der Waals surface area (Å²) in [4.78, 5) is 0. The third-order valence-corrected chi connectivity index (χ3v) is 1.29. The molecule has 5 heteroatoms. The molecule has 0 radical (unpaired) electrons. The molecule has 1 N–H and O–H groups in total. The smallest absolute Gasteiger partial charge is 0.190 e. The molecule has 0 aromatic carbocycles. The molecule has 0 aromatic heterocycles. The van der Waals surface area contributed by atoms with Gasteiger partial charge in [-0.2, -0.15) is 0 Å². The number of rotatable bonds is 1. The second-order valence-corrected chi connectivity index (χ2v) is 1.99. The van der Waals surface area contributed by atoms with Crippen LogP contribution in [0.2, 0.25) is 0 Å². The number of nitrogens with one attached hydrogen (secondary N) is 1. The molecule has 0 unspecified atom stereocenters. The topological polar surface area (TPSA) is 43.2 Å². The number of hydrogen-bond acceptors (Lipinski definition) is 5. The highest BCUT2D eigenvalue weighted by molar-refractivity contribution is 4.59. The molecular weight excluding hydrogens is 118 g/mol. The monoisotopic (exact) mass is 129 g/mol. The van der Waals surface area contributed by atoms with Gasteiger partial charge in [0.1, 0.15) is 0 Å². The Morgan fingerprint density at radius 1 is 1.22 bits per heavy atom. The fourth-order valence-corrected chi connectivity index (χ4v) is 0.840. The van der Waals surface area contributed by atoms with Crippen molar-refractivity contribution in [3.05, 3.63) is 0 Å². The van der Waals surface area contributed by atoms with Gasteiger partial charge in [-0.15, -0.1) is 0 Å². The van der Waals surface area contributed by atoms with Crippen LogP contribution in [0.1, 0.15) is 0 Å². The zero-order valence-electron chi connectivity index (χ0n) is 5.87. The second-order valence-electron chi connectivity index (χ2n) is 1.99. The Morgan fingerprint density at radius 3 is 1.89 bits per heavy atom. The van der Waals surface area contributed by atoms with Crippen molar-refractivity contribution in [2.45, 2.75) is 6.29 Å². The van der Waals surface area contributed by atoms with E-state index in [4.69, 9.17) is 0 Å². The molecule has 0 aliphatic carbocycles. The SMILES string of the molecule is CNC1N(C)N=NN1C. The predicted molar refractivity (Wildman–Crippen MR) is 33.2 cm³/mol. The zero-order valence-corrected chi connectivity index (χ0v) is 5.87. The highest BCUT2D eigenvalue weighted by Gasteiger charge is 2.20. The maximum absolute atomic E-state index is 3.79. The molecule has 0 saturated heterocycles. The summed E-state index contributed by atoms with van der Waals surface area (Å²) in [6, 6.07) is 0. The van der Waals surface area contributed by atoms with Crippen molar-refractivity contribution in [1.82, 2.24) is 15.3 Å². The van der Waals surface area contributed by atoms with Gasteiger partial charge in [-0.3, -0.25) is 5.32 Å². The largest absolute Gasteiger partial charge is 0.281 e. The molecule has 0 saturated carbocycles. The van der Waals surface area contributed by atoms with Gasteiger partial charge in [0.15, 0.2) is 6.29 Å². The third-order valence-electron chi connectivity index (χ3n) is 1.29. The van der Waals surface area contributed by atoms with Crippen molar-refractivity contribution in [1.29, 1.82) is 0 Å². The van der Waals surface area contributed by atoms with Crippen LogP contribution in [0, 0.1) is 0 Å². The van der Waals surface area contributed by atoms with Crippen molar-refractivity contribution in [2.24, 2.45) is 10.4 Å². The van der Waals surface area contributed by atoms with Crippen molar-refractivity contribution < 1.29 is 0 Å². The first kappa shape index (κ1) is 6.28. The minimum Gasteiger partial charge on any atom is -0.281 e. The van der Waals surface area contributed by atoms with Crippen molar-refractivity contribution in [3.63, 3.8) is 0 Å². The molecule has 1 rings (SSSR count). The zero-order chi connectivity index (χ0) is 6.85. The molecule has 52 valence electrons. The van der Waals surface area contributed by atoms with Crippen LogP contribution >= 0.6 is 0 Å². The molecule has 9 heavy (non-hydrogen) atoms. The van der Waals surface area contributed by atoms with E-state index in [1.165, 1.54) is 0 Å². The van der Waals surface area contributed by atoms with Gasteiger partial charge in [-0.05, 0) is 7.05 Å². The second kappa shape index (κ2) is 2.18. The molecule has 1 aliphatic heterocycles. The minimum atomic E-state index is 0.116. The van der Waals surface area contributed by atoms with Crippen molar-refractivity contribution in [3.8, 4) is 0 Å². The summed E-state index contributed by atoms with van der Waals surface area (Å²) < 4.78 is 0. The van der Waals surface area contributed by atoms with E-state index in [1.807, 2.05) is 21.1 Å². The predicted octanol–water partition coefficient (Wildman–Crippen LogP) is -0.351. The van der Waals surface area contributed by atoms with E-state index in [9.17, 15) is 0 Å². The van der Waals surface area contributed by atoms with E-state index < -0.39 is 0 Å². The van der Waals surface area contributed by atoms with Crippen LogP contribution in [0.3, 0.4) is 0 Å². The number of nitrogens with zero attached hydrogens (tertiary/aromatic N) is 4. The van der Waals surface area contributed by atoms with Crippen LogP contribution in [0.5, 0.6) is 0 Å². The average Bonchev–Trinajstić information content (AvgIpc) is 2.12. The lowest BCUT2D eigenvalue weighted by atomic mass is 10.7. The molecule has 0 aromatic rings. The fraction of sp³-hybridized carbons (Fsp3) is 1.00. The van der Waals surface area contributed by atoms with Crippen LogP contribution in [-0.4, -0.2) is 37.5 Å². The molecule has 0 amide bonds. The van der Waals surface area contributed by atoms with E-state index in [2.05, 4.69) is 15.8 Å².